The summed E-state index contributed by atoms with van der Waals surface area (Å²) in [4.78, 5) is 0. The molecule has 0 amide bonds. The Hall–Kier alpha value is -0.0400. The Morgan fingerprint density at radius 2 is 1.89 bits per heavy atom. The van der Waals surface area contributed by atoms with Crippen molar-refractivity contribution in [3.8, 4) is 0 Å². The normalized spacial score (nSPS) is 21.7. The largest absolute Gasteiger partial charge is 0.316 e. The molecule has 9 heavy (non-hydrogen) atoms. The molecule has 1 rings (SSSR count). The Morgan fingerprint density at radius 3 is 2.00 bits per heavy atom. The van der Waals surface area contributed by atoms with Gasteiger partial charge in [-0.05, 0) is 30.8 Å². The smallest absolute Gasteiger partial charge is 0.000528 e. The first-order valence-electron chi connectivity index (χ1n) is 3.65. The molecule has 0 spiro atoms. The highest BCUT2D eigenvalue weighted by Gasteiger charge is 2.23. The Balaban J connectivity index is 2.16. The highest BCUT2D eigenvalue weighted by molar-refractivity contribution is 4.93. The zero-order chi connectivity index (χ0) is 6.91. The van der Waals surface area contributed by atoms with Gasteiger partial charge in [0.05, 0.1) is 0 Å². The molecule has 1 saturated heterocycles. The lowest BCUT2D eigenvalue weighted by molar-refractivity contribution is 0.321. The molecule has 0 atom stereocenters. The van der Waals surface area contributed by atoms with E-state index in [2.05, 4.69) is 32.5 Å². The molecule has 1 radical (unpaired) electrons. The molecule has 1 N–H and O–H groups in total. The van der Waals surface area contributed by atoms with Gasteiger partial charge < -0.3 is 5.32 Å². The summed E-state index contributed by atoms with van der Waals surface area (Å²) in [6, 6.07) is 0. The van der Waals surface area contributed by atoms with E-state index in [1.807, 2.05) is 0 Å². The molecule has 1 aliphatic rings. The average Bonchev–Trinajstić information content (AvgIpc) is 1.53. The van der Waals surface area contributed by atoms with E-state index in [0.29, 0.717) is 5.41 Å². The molecule has 1 nitrogen and oxygen atoms in total. The summed E-state index contributed by atoms with van der Waals surface area (Å²) in [5.74, 6) is 0.838. The lowest BCUT2D eigenvalue weighted by Crippen LogP contribution is -2.44. The van der Waals surface area contributed by atoms with E-state index in [1.54, 1.807) is 0 Å². The van der Waals surface area contributed by atoms with E-state index >= 15 is 0 Å². The van der Waals surface area contributed by atoms with E-state index in [4.69, 9.17) is 0 Å². The molecule has 0 aromatic rings. The van der Waals surface area contributed by atoms with Gasteiger partial charge in [0, 0.05) is 0 Å². The second kappa shape index (κ2) is 2.30. The molecule has 0 aromatic heterocycles. The predicted molar refractivity (Wildman–Crippen MR) is 40.1 cm³/mol. The Kier molecular flexibility index (Phi) is 1.80. The zero-order valence-electron chi connectivity index (χ0n) is 6.57. The van der Waals surface area contributed by atoms with Crippen LogP contribution in [0, 0.1) is 17.8 Å². The minimum Gasteiger partial charge on any atom is -0.316 e. The second-order valence-corrected chi connectivity index (χ2v) is 3.95. The number of nitrogens with one attached hydrogen (secondary N) is 1. The van der Waals surface area contributed by atoms with Crippen molar-refractivity contribution in [2.75, 3.05) is 13.1 Å². The maximum absolute atomic E-state index is 3.25. The lowest BCUT2D eigenvalue weighted by Gasteiger charge is -2.32. The van der Waals surface area contributed by atoms with Crippen LogP contribution in [0.15, 0.2) is 0 Å². The lowest BCUT2D eigenvalue weighted by atomic mass is 9.82. The van der Waals surface area contributed by atoms with E-state index in [1.165, 1.54) is 13.1 Å². The maximum Gasteiger partial charge on any atom is -0.000528 e. The standard InChI is InChI=1S/C8H16N/c1-8(2,3)4-7-5-9-6-7/h4,7,9H,5-6H2,1-3H3. The average molecular weight is 126 g/mol. The second-order valence-electron chi connectivity index (χ2n) is 3.95. The highest BCUT2D eigenvalue weighted by atomic mass is 14.9. The fourth-order valence-corrected chi connectivity index (χ4v) is 1.14. The summed E-state index contributed by atoms with van der Waals surface area (Å²) in [6.07, 6.45) is 2.43. The molecule has 0 aliphatic carbocycles. The Morgan fingerprint density at radius 1 is 1.33 bits per heavy atom. The number of rotatable bonds is 1. The highest BCUT2D eigenvalue weighted by Crippen LogP contribution is 2.24. The molecule has 1 heteroatoms. The SMILES string of the molecule is CC(C)(C)[CH]C1CNC1. The first-order chi connectivity index (χ1) is 4.08. The van der Waals surface area contributed by atoms with Gasteiger partial charge in [-0.1, -0.05) is 20.8 Å². The van der Waals surface area contributed by atoms with Gasteiger partial charge in [0.2, 0.25) is 0 Å². The van der Waals surface area contributed by atoms with Crippen molar-refractivity contribution in [3.05, 3.63) is 6.42 Å². The van der Waals surface area contributed by atoms with Gasteiger partial charge in [0.25, 0.3) is 0 Å². The molecule has 0 saturated carbocycles. The van der Waals surface area contributed by atoms with Gasteiger partial charge in [-0.15, -0.1) is 0 Å². The molecule has 1 aliphatic heterocycles. The van der Waals surface area contributed by atoms with Crippen molar-refractivity contribution in [1.29, 1.82) is 0 Å². The summed E-state index contributed by atoms with van der Waals surface area (Å²) in [7, 11) is 0. The van der Waals surface area contributed by atoms with Crippen LogP contribution < -0.4 is 5.32 Å². The molecule has 0 aromatic carbocycles. The van der Waals surface area contributed by atoms with Crippen molar-refractivity contribution in [2.24, 2.45) is 11.3 Å². The van der Waals surface area contributed by atoms with Crippen LogP contribution >= 0.6 is 0 Å². The monoisotopic (exact) mass is 126 g/mol. The fraction of sp³-hybridized carbons (Fsp3) is 0.875. The third-order valence-electron chi connectivity index (χ3n) is 1.55. The van der Waals surface area contributed by atoms with Crippen molar-refractivity contribution in [2.45, 2.75) is 20.8 Å². The summed E-state index contributed by atoms with van der Waals surface area (Å²) >= 11 is 0. The third kappa shape index (κ3) is 2.35. The van der Waals surface area contributed by atoms with Crippen LogP contribution in [-0.4, -0.2) is 13.1 Å². The van der Waals surface area contributed by atoms with Crippen LogP contribution in [0.4, 0.5) is 0 Å². The van der Waals surface area contributed by atoms with Gasteiger partial charge in [-0.3, -0.25) is 0 Å². The first kappa shape index (κ1) is 7.07. The minimum atomic E-state index is 0.409. The summed E-state index contributed by atoms with van der Waals surface area (Å²) in [5, 5.41) is 3.25. The zero-order valence-corrected chi connectivity index (χ0v) is 6.57. The van der Waals surface area contributed by atoms with E-state index in [0.717, 1.165) is 5.92 Å². The molecular weight excluding hydrogens is 110 g/mol. The van der Waals surface area contributed by atoms with Gasteiger partial charge in [-0.2, -0.15) is 0 Å². The van der Waals surface area contributed by atoms with E-state index in [-0.39, 0.29) is 0 Å². The van der Waals surface area contributed by atoms with E-state index in [9.17, 15) is 0 Å². The molecule has 0 bridgehead atoms. The van der Waals surface area contributed by atoms with Crippen LogP contribution in [0.25, 0.3) is 0 Å². The number of hydrogen-bond donors (Lipinski definition) is 1. The van der Waals surface area contributed by atoms with E-state index < -0.39 is 0 Å². The van der Waals surface area contributed by atoms with Crippen molar-refractivity contribution in [3.63, 3.8) is 0 Å². The molecule has 1 fully saturated rings. The number of hydrogen-bond acceptors (Lipinski definition) is 1. The molecule has 0 unspecified atom stereocenters. The molecular formula is C8H16N. The summed E-state index contributed by atoms with van der Waals surface area (Å²) in [6.45, 7) is 9.15. The van der Waals surface area contributed by atoms with Crippen molar-refractivity contribution >= 4 is 0 Å². The van der Waals surface area contributed by atoms with Crippen LogP contribution in [0.1, 0.15) is 20.8 Å². The van der Waals surface area contributed by atoms with Gasteiger partial charge in [0.1, 0.15) is 0 Å². The third-order valence-corrected chi connectivity index (χ3v) is 1.55. The Bertz CT molecular complexity index is 87.2. The molecule has 1 heterocycles. The molecule has 53 valence electrons. The van der Waals surface area contributed by atoms with Gasteiger partial charge in [-0.25, -0.2) is 0 Å². The van der Waals surface area contributed by atoms with Crippen molar-refractivity contribution in [1.82, 2.24) is 5.32 Å². The minimum absolute atomic E-state index is 0.409. The van der Waals surface area contributed by atoms with Crippen LogP contribution in [0.2, 0.25) is 0 Å². The quantitative estimate of drug-likeness (QED) is 0.561. The predicted octanol–water partition coefficient (Wildman–Crippen LogP) is 1.46. The van der Waals surface area contributed by atoms with Crippen LogP contribution in [0.5, 0.6) is 0 Å². The Labute approximate surface area is 57.8 Å². The summed E-state index contributed by atoms with van der Waals surface area (Å²) < 4.78 is 0. The van der Waals surface area contributed by atoms with Crippen LogP contribution in [-0.2, 0) is 0 Å². The van der Waals surface area contributed by atoms with Crippen LogP contribution in [0.3, 0.4) is 0 Å². The fourth-order valence-electron chi connectivity index (χ4n) is 1.14. The maximum atomic E-state index is 3.25. The summed E-state index contributed by atoms with van der Waals surface area (Å²) in [5.41, 5.74) is 0.409. The topological polar surface area (TPSA) is 12.0 Å². The first-order valence-corrected chi connectivity index (χ1v) is 3.65. The van der Waals surface area contributed by atoms with Crippen molar-refractivity contribution < 1.29 is 0 Å². The van der Waals surface area contributed by atoms with Gasteiger partial charge >= 0.3 is 0 Å². The van der Waals surface area contributed by atoms with Gasteiger partial charge in [0.15, 0.2) is 0 Å².